The van der Waals surface area contributed by atoms with Gasteiger partial charge in [-0.15, -0.1) is 0 Å². The Labute approximate surface area is 170 Å². The number of nitrogens with two attached hydrogens (primary N) is 2. The van der Waals surface area contributed by atoms with Crippen LogP contribution in [0.5, 0.6) is 0 Å². The van der Waals surface area contributed by atoms with Gasteiger partial charge in [0.1, 0.15) is 17.2 Å². The zero-order chi connectivity index (χ0) is 21.3. The zero-order valence-corrected chi connectivity index (χ0v) is 15.7. The number of fused-ring (bicyclic) bond motifs is 1. The number of rotatable bonds is 4. The van der Waals surface area contributed by atoms with Crippen LogP contribution in [0, 0.1) is 11.6 Å². The Morgan fingerprint density at radius 2 is 1.67 bits per heavy atom. The van der Waals surface area contributed by atoms with Crippen molar-refractivity contribution < 1.29 is 13.6 Å². The molecule has 1 heterocycles. The van der Waals surface area contributed by atoms with E-state index in [-0.39, 0.29) is 17.9 Å². The molecule has 0 saturated heterocycles. The molecule has 2 amide bonds. The highest BCUT2D eigenvalue weighted by Crippen LogP contribution is 2.33. The summed E-state index contributed by atoms with van der Waals surface area (Å²) in [5.41, 5.74) is 14.2. The van der Waals surface area contributed by atoms with Crippen molar-refractivity contribution in [3.8, 4) is 11.1 Å². The van der Waals surface area contributed by atoms with Crippen molar-refractivity contribution in [2.24, 2.45) is 5.73 Å². The Morgan fingerprint density at radius 1 is 0.967 bits per heavy atom. The molecule has 30 heavy (non-hydrogen) atoms. The van der Waals surface area contributed by atoms with Gasteiger partial charge in [0, 0.05) is 23.5 Å². The minimum absolute atomic E-state index is 0.0789. The van der Waals surface area contributed by atoms with E-state index >= 15 is 0 Å². The fourth-order valence-electron chi connectivity index (χ4n) is 3.18. The molecule has 0 atom stereocenters. The first-order valence-electron chi connectivity index (χ1n) is 9.05. The minimum atomic E-state index is -0.522. The average Bonchev–Trinajstić information content (AvgIpc) is 3.12. The van der Waals surface area contributed by atoms with Gasteiger partial charge in [-0.2, -0.15) is 5.10 Å². The molecule has 0 aliphatic carbocycles. The summed E-state index contributed by atoms with van der Waals surface area (Å²) in [5, 5.41) is 12.2. The predicted octanol–water partition coefficient (Wildman–Crippen LogP) is 4.19. The van der Waals surface area contributed by atoms with Crippen LogP contribution in [0.15, 0.2) is 54.6 Å². The van der Waals surface area contributed by atoms with E-state index < -0.39 is 17.7 Å². The highest BCUT2D eigenvalue weighted by Gasteiger charge is 2.14. The van der Waals surface area contributed by atoms with E-state index in [0.717, 1.165) is 5.56 Å². The maximum absolute atomic E-state index is 13.9. The molecule has 152 valence electrons. The van der Waals surface area contributed by atoms with E-state index in [2.05, 4.69) is 20.8 Å². The monoisotopic (exact) mass is 408 g/mol. The van der Waals surface area contributed by atoms with Crippen molar-refractivity contribution in [3.05, 3.63) is 71.8 Å². The predicted molar refractivity (Wildman–Crippen MR) is 113 cm³/mol. The van der Waals surface area contributed by atoms with Gasteiger partial charge in [0.2, 0.25) is 0 Å². The number of urea groups is 1. The SMILES string of the molecule is NCc1ccc(NC(=O)Nc2ccc(-c3ccc(F)c4[nH]nc(N)c34)cc2)cc1F. The molecule has 0 unspecified atom stereocenters. The summed E-state index contributed by atoms with van der Waals surface area (Å²) >= 11 is 0. The molecular formula is C21H18F2N6O. The molecule has 0 aliphatic heterocycles. The van der Waals surface area contributed by atoms with Gasteiger partial charge in [-0.3, -0.25) is 5.10 Å². The molecule has 0 radical (unpaired) electrons. The van der Waals surface area contributed by atoms with Crippen LogP contribution in [0.4, 0.5) is 30.8 Å². The van der Waals surface area contributed by atoms with E-state index in [1.54, 1.807) is 36.4 Å². The molecule has 0 aliphatic rings. The number of nitrogens with zero attached hydrogens (tertiary/aromatic N) is 1. The number of nitrogens with one attached hydrogen (secondary N) is 3. The summed E-state index contributed by atoms with van der Waals surface area (Å²) in [5.74, 6) is -0.721. The number of amides is 2. The summed E-state index contributed by atoms with van der Waals surface area (Å²) < 4.78 is 27.7. The lowest BCUT2D eigenvalue weighted by molar-refractivity contribution is 0.262. The minimum Gasteiger partial charge on any atom is -0.382 e. The number of aromatic amines is 1. The van der Waals surface area contributed by atoms with Gasteiger partial charge in [-0.25, -0.2) is 13.6 Å². The van der Waals surface area contributed by atoms with Crippen LogP contribution in [0.1, 0.15) is 5.56 Å². The second-order valence-corrected chi connectivity index (χ2v) is 6.62. The number of carbonyl (C=O) groups is 1. The van der Waals surface area contributed by atoms with Crippen LogP contribution >= 0.6 is 0 Å². The highest BCUT2D eigenvalue weighted by molar-refractivity contribution is 6.02. The van der Waals surface area contributed by atoms with Gasteiger partial charge in [0.25, 0.3) is 0 Å². The standard InChI is InChI=1S/C21H18F2N6O/c22-16-8-7-15(18-19(16)28-29-20(18)25)11-1-4-13(5-2-11)26-21(30)27-14-6-3-12(10-24)17(23)9-14/h1-9H,10,24H2,(H3,25,28,29)(H2,26,27,30). The lowest BCUT2D eigenvalue weighted by Crippen LogP contribution is -2.19. The molecule has 4 aromatic rings. The number of hydrogen-bond donors (Lipinski definition) is 5. The molecule has 0 fully saturated rings. The Kier molecular flexibility index (Phi) is 5.03. The quantitative estimate of drug-likeness (QED) is 0.347. The highest BCUT2D eigenvalue weighted by atomic mass is 19.1. The van der Waals surface area contributed by atoms with Crippen LogP contribution in [0.2, 0.25) is 0 Å². The topological polar surface area (TPSA) is 122 Å². The van der Waals surface area contributed by atoms with Gasteiger partial charge in [-0.05, 0) is 41.5 Å². The molecule has 7 nitrogen and oxygen atoms in total. The van der Waals surface area contributed by atoms with Crippen LogP contribution in [0.3, 0.4) is 0 Å². The van der Waals surface area contributed by atoms with Gasteiger partial charge >= 0.3 is 6.03 Å². The number of carbonyl (C=O) groups excluding carboxylic acids is 1. The number of hydrogen-bond acceptors (Lipinski definition) is 4. The Balaban J connectivity index is 1.50. The van der Waals surface area contributed by atoms with E-state index in [1.807, 2.05) is 0 Å². The maximum Gasteiger partial charge on any atom is 0.323 e. The summed E-state index contributed by atoms with van der Waals surface area (Å²) in [7, 11) is 0. The molecule has 3 aromatic carbocycles. The molecule has 9 heteroatoms. The van der Waals surface area contributed by atoms with E-state index in [0.29, 0.717) is 27.9 Å². The fourth-order valence-corrected chi connectivity index (χ4v) is 3.18. The van der Waals surface area contributed by atoms with Gasteiger partial charge < -0.3 is 22.1 Å². The van der Waals surface area contributed by atoms with E-state index in [1.165, 1.54) is 18.2 Å². The number of aromatic nitrogens is 2. The van der Waals surface area contributed by atoms with Crippen molar-refractivity contribution in [2.75, 3.05) is 16.4 Å². The van der Waals surface area contributed by atoms with Crippen molar-refractivity contribution in [1.82, 2.24) is 10.2 Å². The molecule has 1 aromatic heterocycles. The number of nitrogen functional groups attached to an aromatic ring is 1. The van der Waals surface area contributed by atoms with Crippen LogP contribution in [-0.2, 0) is 6.54 Å². The van der Waals surface area contributed by atoms with Crippen molar-refractivity contribution in [3.63, 3.8) is 0 Å². The maximum atomic E-state index is 13.9. The second-order valence-electron chi connectivity index (χ2n) is 6.62. The summed E-state index contributed by atoms with van der Waals surface area (Å²) in [6.45, 7) is 0.0789. The largest absolute Gasteiger partial charge is 0.382 e. The van der Waals surface area contributed by atoms with E-state index in [4.69, 9.17) is 11.5 Å². The smallest absolute Gasteiger partial charge is 0.323 e. The Hall–Kier alpha value is -3.98. The van der Waals surface area contributed by atoms with Crippen molar-refractivity contribution in [1.29, 1.82) is 0 Å². The number of benzene rings is 3. The van der Waals surface area contributed by atoms with Crippen LogP contribution < -0.4 is 22.1 Å². The first-order chi connectivity index (χ1) is 14.5. The van der Waals surface area contributed by atoms with Gasteiger partial charge in [0.05, 0.1) is 5.39 Å². The van der Waals surface area contributed by atoms with Crippen molar-refractivity contribution in [2.45, 2.75) is 6.54 Å². The first-order valence-corrected chi connectivity index (χ1v) is 9.05. The zero-order valence-electron chi connectivity index (χ0n) is 15.7. The Bertz CT molecular complexity index is 1240. The lowest BCUT2D eigenvalue weighted by Gasteiger charge is -2.10. The summed E-state index contributed by atoms with van der Waals surface area (Å²) in [4.78, 5) is 12.2. The average molecular weight is 408 g/mol. The third kappa shape index (κ3) is 3.65. The molecule has 4 rings (SSSR count). The molecular weight excluding hydrogens is 390 g/mol. The van der Waals surface area contributed by atoms with Crippen molar-refractivity contribution >= 4 is 34.1 Å². The molecule has 7 N–H and O–H groups in total. The summed E-state index contributed by atoms with van der Waals surface area (Å²) in [6, 6.07) is 13.7. The number of H-pyrrole nitrogens is 1. The van der Waals surface area contributed by atoms with E-state index in [9.17, 15) is 13.6 Å². The normalized spacial score (nSPS) is 10.9. The lowest BCUT2D eigenvalue weighted by atomic mass is 10.0. The van der Waals surface area contributed by atoms with Crippen LogP contribution in [-0.4, -0.2) is 16.2 Å². The first kappa shape index (κ1) is 19.3. The van der Waals surface area contributed by atoms with Crippen LogP contribution in [0.25, 0.3) is 22.0 Å². The molecule has 0 bridgehead atoms. The second kappa shape index (κ2) is 7.80. The Morgan fingerprint density at radius 3 is 2.37 bits per heavy atom. The third-order valence-electron chi connectivity index (χ3n) is 4.68. The summed E-state index contributed by atoms with van der Waals surface area (Å²) in [6.07, 6.45) is 0. The van der Waals surface area contributed by atoms with Gasteiger partial charge in [-0.1, -0.05) is 24.3 Å². The van der Waals surface area contributed by atoms with Gasteiger partial charge in [0.15, 0.2) is 5.82 Å². The fraction of sp³-hybridized carbons (Fsp3) is 0.0476. The molecule has 0 saturated carbocycles. The number of anilines is 3. The molecule has 0 spiro atoms. The third-order valence-corrected chi connectivity index (χ3v) is 4.68. The number of halogens is 2.